The first-order valence-corrected chi connectivity index (χ1v) is 9.15. The molecule has 28 heavy (non-hydrogen) atoms. The van der Waals surface area contributed by atoms with Crippen LogP contribution in [-0.2, 0) is 18.3 Å². The molecule has 1 heterocycles. The van der Waals surface area contributed by atoms with Gasteiger partial charge in [-0.2, -0.15) is 0 Å². The number of benzene rings is 1. The molecule has 0 aliphatic heterocycles. The molecule has 7 heteroatoms. The fourth-order valence-corrected chi connectivity index (χ4v) is 2.68. The zero-order valence-electron chi connectivity index (χ0n) is 17.0. The lowest BCUT2D eigenvalue weighted by Crippen LogP contribution is -2.39. The lowest BCUT2D eigenvalue weighted by molar-refractivity contribution is 0.0474. The van der Waals surface area contributed by atoms with Crippen molar-refractivity contribution in [3.05, 3.63) is 58.4 Å². The Morgan fingerprint density at radius 2 is 1.75 bits per heavy atom. The molecule has 0 unspecified atom stereocenters. The third-order valence-corrected chi connectivity index (χ3v) is 4.47. The van der Waals surface area contributed by atoms with Crippen molar-refractivity contribution in [2.75, 3.05) is 6.61 Å². The average Bonchev–Trinajstić information content (AvgIpc) is 2.91. The van der Waals surface area contributed by atoms with Gasteiger partial charge in [-0.05, 0) is 51.5 Å². The van der Waals surface area contributed by atoms with E-state index >= 15 is 0 Å². The van der Waals surface area contributed by atoms with Crippen molar-refractivity contribution in [3.8, 4) is 0 Å². The van der Waals surface area contributed by atoms with E-state index in [1.54, 1.807) is 30.3 Å². The third kappa shape index (κ3) is 5.45. The highest BCUT2D eigenvalue weighted by Crippen LogP contribution is 2.14. The first-order valence-electron chi connectivity index (χ1n) is 9.15. The zero-order chi connectivity index (χ0) is 20.8. The Kier molecular flexibility index (Phi) is 6.98. The predicted octanol–water partition coefficient (Wildman–Crippen LogP) is 2.89. The standard InChI is InChI=1S/C21H27N3O4/c1-13(2)23-21(27)22-11-16-6-8-17(9-7-16)20(26)28-12-19(25)18-10-14(3)24(5)15(18)4/h6-10,13H,11-12H2,1-5H3,(H2,22,23,27). The number of esters is 1. The molecular weight excluding hydrogens is 358 g/mol. The van der Waals surface area contributed by atoms with Crippen molar-refractivity contribution >= 4 is 17.8 Å². The van der Waals surface area contributed by atoms with E-state index in [0.717, 1.165) is 17.0 Å². The summed E-state index contributed by atoms with van der Waals surface area (Å²) in [4.78, 5) is 36.1. The van der Waals surface area contributed by atoms with Gasteiger partial charge in [-0.25, -0.2) is 9.59 Å². The number of hydrogen-bond acceptors (Lipinski definition) is 4. The van der Waals surface area contributed by atoms with Gasteiger partial charge in [0.2, 0.25) is 5.78 Å². The van der Waals surface area contributed by atoms with Crippen LogP contribution in [0.5, 0.6) is 0 Å². The van der Waals surface area contributed by atoms with Crippen molar-refractivity contribution in [2.24, 2.45) is 7.05 Å². The van der Waals surface area contributed by atoms with Crippen LogP contribution in [0.4, 0.5) is 4.79 Å². The molecule has 0 aliphatic rings. The Morgan fingerprint density at radius 1 is 1.11 bits per heavy atom. The largest absolute Gasteiger partial charge is 0.454 e. The molecule has 150 valence electrons. The number of aromatic nitrogens is 1. The van der Waals surface area contributed by atoms with E-state index < -0.39 is 5.97 Å². The SMILES string of the molecule is Cc1cc(C(=O)COC(=O)c2ccc(CNC(=O)NC(C)C)cc2)c(C)n1C. The second kappa shape index (κ2) is 9.21. The minimum atomic E-state index is -0.560. The summed E-state index contributed by atoms with van der Waals surface area (Å²) in [5.41, 5.74) is 3.58. The summed E-state index contributed by atoms with van der Waals surface area (Å²) in [6, 6.07) is 8.30. The predicted molar refractivity (Wildman–Crippen MR) is 106 cm³/mol. The van der Waals surface area contributed by atoms with Crippen LogP contribution in [0.1, 0.15) is 51.5 Å². The number of nitrogens with zero attached hydrogens (tertiary/aromatic N) is 1. The maximum atomic E-state index is 12.3. The van der Waals surface area contributed by atoms with Crippen LogP contribution in [0.2, 0.25) is 0 Å². The number of nitrogens with one attached hydrogen (secondary N) is 2. The summed E-state index contributed by atoms with van der Waals surface area (Å²) in [7, 11) is 1.89. The molecule has 1 aromatic heterocycles. The Labute approximate surface area is 165 Å². The average molecular weight is 385 g/mol. The molecule has 2 N–H and O–H groups in total. The lowest BCUT2D eigenvalue weighted by Gasteiger charge is -2.10. The van der Waals surface area contributed by atoms with Crippen molar-refractivity contribution in [1.29, 1.82) is 0 Å². The molecule has 0 saturated carbocycles. The highest BCUT2D eigenvalue weighted by molar-refractivity contribution is 6.00. The van der Waals surface area contributed by atoms with E-state index in [2.05, 4.69) is 10.6 Å². The number of hydrogen-bond donors (Lipinski definition) is 2. The van der Waals surface area contributed by atoms with Gasteiger partial charge in [-0.15, -0.1) is 0 Å². The topological polar surface area (TPSA) is 89.4 Å². The number of ketones is 1. The van der Waals surface area contributed by atoms with Gasteiger partial charge in [0.15, 0.2) is 6.61 Å². The van der Waals surface area contributed by atoms with Crippen LogP contribution >= 0.6 is 0 Å². The van der Waals surface area contributed by atoms with E-state index in [4.69, 9.17) is 4.74 Å². The van der Waals surface area contributed by atoms with Gasteiger partial charge < -0.3 is 19.9 Å². The molecule has 0 atom stereocenters. The number of rotatable bonds is 7. The zero-order valence-corrected chi connectivity index (χ0v) is 17.0. The van der Waals surface area contributed by atoms with E-state index in [-0.39, 0.29) is 24.5 Å². The molecule has 0 spiro atoms. The summed E-state index contributed by atoms with van der Waals surface area (Å²) in [5, 5.41) is 5.47. The van der Waals surface area contributed by atoms with E-state index in [1.807, 2.05) is 39.3 Å². The molecule has 0 fully saturated rings. The molecule has 2 aromatic rings. The fourth-order valence-electron chi connectivity index (χ4n) is 2.68. The smallest absolute Gasteiger partial charge is 0.338 e. The van der Waals surface area contributed by atoms with Gasteiger partial charge in [0, 0.05) is 36.6 Å². The Bertz CT molecular complexity index is 867. The quantitative estimate of drug-likeness (QED) is 0.566. The molecule has 1 aromatic carbocycles. The van der Waals surface area contributed by atoms with Crippen molar-refractivity contribution in [1.82, 2.24) is 15.2 Å². The van der Waals surface area contributed by atoms with E-state index in [9.17, 15) is 14.4 Å². The van der Waals surface area contributed by atoms with Crippen LogP contribution in [0.15, 0.2) is 30.3 Å². The van der Waals surface area contributed by atoms with Gasteiger partial charge >= 0.3 is 12.0 Å². The molecule has 0 saturated heterocycles. The highest BCUT2D eigenvalue weighted by Gasteiger charge is 2.16. The van der Waals surface area contributed by atoms with Crippen LogP contribution in [-0.4, -0.2) is 35.0 Å². The molecule has 7 nitrogen and oxygen atoms in total. The number of amides is 2. The lowest BCUT2D eigenvalue weighted by atomic mass is 10.1. The van der Waals surface area contributed by atoms with Gasteiger partial charge in [0.05, 0.1) is 5.56 Å². The minimum absolute atomic E-state index is 0.0587. The number of carbonyl (C=O) groups excluding carboxylic acids is 3. The molecule has 0 radical (unpaired) electrons. The summed E-state index contributed by atoms with van der Waals surface area (Å²) < 4.78 is 7.07. The maximum absolute atomic E-state index is 12.3. The fraction of sp³-hybridized carbons (Fsp3) is 0.381. The monoisotopic (exact) mass is 385 g/mol. The van der Waals surface area contributed by atoms with Gasteiger partial charge in [0.25, 0.3) is 0 Å². The Hall–Kier alpha value is -3.09. The van der Waals surface area contributed by atoms with E-state index in [0.29, 0.717) is 17.7 Å². The van der Waals surface area contributed by atoms with Crippen LogP contribution in [0, 0.1) is 13.8 Å². The number of Topliss-reactive ketones (excluding diaryl/α,β-unsaturated/α-hetero) is 1. The molecule has 0 bridgehead atoms. The maximum Gasteiger partial charge on any atom is 0.338 e. The third-order valence-electron chi connectivity index (χ3n) is 4.47. The Balaban J connectivity index is 1.88. The molecule has 0 aliphatic carbocycles. The second-order valence-corrected chi connectivity index (χ2v) is 7.02. The minimum Gasteiger partial charge on any atom is -0.454 e. The molecule has 2 amide bonds. The van der Waals surface area contributed by atoms with E-state index in [1.165, 1.54) is 0 Å². The van der Waals surface area contributed by atoms with Gasteiger partial charge in [-0.1, -0.05) is 12.1 Å². The number of urea groups is 1. The van der Waals surface area contributed by atoms with Gasteiger partial charge in [0.1, 0.15) is 0 Å². The van der Waals surface area contributed by atoms with Crippen molar-refractivity contribution < 1.29 is 19.1 Å². The van der Waals surface area contributed by atoms with Crippen LogP contribution < -0.4 is 10.6 Å². The summed E-state index contributed by atoms with van der Waals surface area (Å²) in [6.07, 6.45) is 0. The summed E-state index contributed by atoms with van der Waals surface area (Å²) >= 11 is 0. The summed E-state index contributed by atoms with van der Waals surface area (Å²) in [6.45, 7) is 7.58. The molecular formula is C21H27N3O4. The highest BCUT2D eigenvalue weighted by atomic mass is 16.5. The number of carbonyl (C=O) groups is 3. The van der Waals surface area contributed by atoms with Crippen LogP contribution in [0.25, 0.3) is 0 Å². The number of aryl methyl sites for hydroxylation is 1. The number of ether oxygens (including phenoxy) is 1. The Morgan fingerprint density at radius 3 is 2.29 bits per heavy atom. The van der Waals surface area contributed by atoms with Gasteiger partial charge in [-0.3, -0.25) is 4.79 Å². The first kappa shape index (κ1) is 21.2. The first-order chi connectivity index (χ1) is 13.2. The summed E-state index contributed by atoms with van der Waals surface area (Å²) in [5.74, 6) is -0.790. The molecule has 2 rings (SSSR count). The normalized spacial score (nSPS) is 10.6. The van der Waals surface area contributed by atoms with Crippen LogP contribution in [0.3, 0.4) is 0 Å². The van der Waals surface area contributed by atoms with Crippen molar-refractivity contribution in [3.63, 3.8) is 0 Å². The second-order valence-electron chi connectivity index (χ2n) is 7.02. The van der Waals surface area contributed by atoms with Crippen molar-refractivity contribution in [2.45, 2.75) is 40.3 Å².